The minimum absolute atomic E-state index is 1.14. The van der Waals surface area contributed by atoms with Gasteiger partial charge in [-0.15, -0.1) is 0 Å². The number of anilines is 6. The predicted octanol–water partition coefficient (Wildman–Crippen LogP) is 19.0. The summed E-state index contributed by atoms with van der Waals surface area (Å²) in [6, 6.07) is 81.6. The highest BCUT2D eigenvalue weighted by atomic mass is 15.1. The second-order valence-electron chi connectivity index (χ2n) is 18.7. The number of hydrogen-bond acceptors (Lipinski definition) is 2. The molecule has 0 fully saturated rings. The molecule has 0 unspecified atom stereocenters. The van der Waals surface area contributed by atoms with Crippen molar-refractivity contribution >= 4 is 98.8 Å². The second kappa shape index (κ2) is 15.6. The highest BCUT2D eigenvalue weighted by Gasteiger charge is 2.29. The molecule has 0 saturated heterocycles. The van der Waals surface area contributed by atoms with Crippen LogP contribution < -0.4 is 9.80 Å². The molecule has 0 aliphatic rings. The minimum atomic E-state index is 1.14. The molecule has 0 aliphatic carbocycles. The third-order valence-corrected chi connectivity index (χ3v) is 14.4. The number of aryl methyl sites for hydroxylation is 4. The summed E-state index contributed by atoms with van der Waals surface area (Å²) < 4.78 is 0. The highest BCUT2D eigenvalue weighted by Crippen LogP contribution is 2.57. The van der Waals surface area contributed by atoms with Crippen molar-refractivity contribution in [2.24, 2.45) is 0 Å². The SMILES string of the molecule is Cc1ccc(N(c2ccc(C)cc2)c2ccc3c4c(-c5ccccc5)c5c6cccc7c(N(c8ccc(C)cc8)c8ccc(C)cc8)ccc(c5c(-c5ccccc5)c4c4cccc2c43)c76)cc1. The zero-order chi connectivity index (χ0) is 45.6. The molecule has 68 heavy (non-hydrogen) atoms. The molecule has 0 radical (unpaired) electrons. The fourth-order valence-corrected chi connectivity index (χ4v) is 11.3. The molecule has 0 aliphatic heterocycles. The number of benzene rings is 11. The first kappa shape index (κ1) is 39.9. The van der Waals surface area contributed by atoms with E-state index >= 15 is 0 Å². The van der Waals surface area contributed by atoms with E-state index in [-0.39, 0.29) is 0 Å². The summed E-state index contributed by atoms with van der Waals surface area (Å²) in [6.07, 6.45) is 0. The molecular formula is C66H48N2. The molecule has 0 heterocycles. The standard InChI is InChI=1S/C66H48N2/c1-41-21-29-47(30-22-41)67(48-31-23-42(2)24-32-48)57-39-37-55-61-51(57)17-11-19-53(61)63-59(45-13-7-5-8-14-45)66-56-38-40-58(68(49-33-25-43(3)26-34-49)50-35-27-44(4)28-36-50)52-18-12-20-54(62(52)56)64(66)60(65(55)63)46-15-9-6-10-16-46/h5-40H,1-4H3. The fourth-order valence-electron chi connectivity index (χ4n) is 11.3. The van der Waals surface area contributed by atoms with E-state index in [9.17, 15) is 0 Å². The van der Waals surface area contributed by atoms with E-state index in [1.165, 1.54) is 109 Å². The molecule has 13 aromatic carbocycles. The van der Waals surface area contributed by atoms with Gasteiger partial charge in [-0.1, -0.05) is 180 Å². The van der Waals surface area contributed by atoms with Crippen molar-refractivity contribution in [2.75, 3.05) is 9.80 Å². The van der Waals surface area contributed by atoms with Crippen molar-refractivity contribution in [3.8, 4) is 22.3 Å². The van der Waals surface area contributed by atoms with Crippen molar-refractivity contribution in [2.45, 2.75) is 27.7 Å². The van der Waals surface area contributed by atoms with Crippen LogP contribution in [0.4, 0.5) is 34.1 Å². The average molecular weight is 869 g/mol. The van der Waals surface area contributed by atoms with E-state index in [0.29, 0.717) is 0 Å². The van der Waals surface area contributed by atoms with Crippen LogP contribution in [0.15, 0.2) is 218 Å². The summed E-state index contributed by atoms with van der Waals surface area (Å²) in [5.74, 6) is 0. The van der Waals surface area contributed by atoms with Crippen LogP contribution in [0.5, 0.6) is 0 Å². The third kappa shape index (κ3) is 6.11. The largest absolute Gasteiger partial charge is 0.310 e. The molecule has 0 spiro atoms. The Bertz CT molecular complexity index is 3590. The van der Waals surface area contributed by atoms with Gasteiger partial charge in [-0.05, 0) is 164 Å². The summed E-state index contributed by atoms with van der Waals surface area (Å²) in [5, 5.41) is 15.3. The first-order valence-corrected chi connectivity index (χ1v) is 23.8. The van der Waals surface area contributed by atoms with E-state index < -0.39 is 0 Å². The Morgan fingerprint density at radius 3 is 0.809 bits per heavy atom. The summed E-state index contributed by atoms with van der Waals surface area (Å²) in [5.41, 5.74) is 16.8. The van der Waals surface area contributed by atoms with Gasteiger partial charge in [0.1, 0.15) is 0 Å². The number of fused-ring (bicyclic) bond motifs is 6. The number of hydrogen-bond donors (Lipinski definition) is 0. The van der Waals surface area contributed by atoms with Gasteiger partial charge in [-0.2, -0.15) is 0 Å². The van der Waals surface area contributed by atoms with Gasteiger partial charge < -0.3 is 9.80 Å². The zero-order valence-corrected chi connectivity index (χ0v) is 38.7. The topological polar surface area (TPSA) is 6.48 Å². The quantitative estimate of drug-likeness (QED) is 0.150. The minimum Gasteiger partial charge on any atom is -0.310 e. The Labute approximate surface area is 397 Å². The van der Waals surface area contributed by atoms with Crippen molar-refractivity contribution in [1.29, 1.82) is 0 Å². The maximum absolute atomic E-state index is 2.44. The monoisotopic (exact) mass is 868 g/mol. The van der Waals surface area contributed by atoms with Crippen molar-refractivity contribution in [3.63, 3.8) is 0 Å². The lowest BCUT2D eigenvalue weighted by atomic mass is 9.87. The van der Waals surface area contributed by atoms with Gasteiger partial charge in [0.2, 0.25) is 0 Å². The average Bonchev–Trinajstić information content (AvgIpc) is 3.89. The van der Waals surface area contributed by atoms with Crippen LogP contribution in [-0.4, -0.2) is 0 Å². The van der Waals surface area contributed by atoms with Crippen molar-refractivity contribution in [1.82, 2.24) is 0 Å². The Morgan fingerprint density at radius 2 is 0.500 bits per heavy atom. The molecule has 13 rings (SSSR count). The van der Waals surface area contributed by atoms with Crippen LogP contribution in [0.1, 0.15) is 22.3 Å². The van der Waals surface area contributed by atoms with E-state index in [2.05, 4.69) is 256 Å². The first-order valence-electron chi connectivity index (χ1n) is 23.8. The lowest BCUT2D eigenvalue weighted by Crippen LogP contribution is -2.10. The molecule has 322 valence electrons. The van der Waals surface area contributed by atoms with Crippen LogP contribution in [0.3, 0.4) is 0 Å². The molecule has 0 saturated carbocycles. The first-order chi connectivity index (χ1) is 33.4. The van der Waals surface area contributed by atoms with Gasteiger partial charge in [0.15, 0.2) is 0 Å². The lowest BCUT2D eigenvalue weighted by Gasteiger charge is -2.27. The lowest BCUT2D eigenvalue weighted by molar-refractivity contribution is 1.28. The van der Waals surface area contributed by atoms with E-state index in [0.717, 1.165) is 34.1 Å². The van der Waals surface area contributed by atoms with E-state index in [4.69, 9.17) is 0 Å². The molecule has 0 amide bonds. The fraction of sp³-hybridized carbons (Fsp3) is 0.0606. The number of rotatable bonds is 8. The highest BCUT2D eigenvalue weighted by molar-refractivity contribution is 6.47. The van der Waals surface area contributed by atoms with Gasteiger partial charge >= 0.3 is 0 Å². The van der Waals surface area contributed by atoms with Gasteiger partial charge in [0, 0.05) is 33.5 Å². The Morgan fingerprint density at radius 1 is 0.221 bits per heavy atom. The second-order valence-corrected chi connectivity index (χ2v) is 18.7. The molecule has 0 bridgehead atoms. The van der Waals surface area contributed by atoms with Gasteiger partial charge in [0.25, 0.3) is 0 Å². The maximum atomic E-state index is 2.44. The maximum Gasteiger partial charge on any atom is 0.0540 e. The zero-order valence-electron chi connectivity index (χ0n) is 38.7. The van der Waals surface area contributed by atoms with Crippen LogP contribution in [-0.2, 0) is 0 Å². The molecule has 0 aromatic heterocycles. The van der Waals surface area contributed by atoms with E-state index in [1.807, 2.05) is 0 Å². The summed E-state index contributed by atoms with van der Waals surface area (Å²) in [4.78, 5) is 4.87. The summed E-state index contributed by atoms with van der Waals surface area (Å²) in [7, 11) is 0. The molecule has 2 nitrogen and oxygen atoms in total. The van der Waals surface area contributed by atoms with Gasteiger partial charge in [-0.25, -0.2) is 0 Å². The molecule has 13 aromatic rings. The van der Waals surface area contributed by atoms with Crippen molar-refractivity contribution < 1.29 is 0 Å². The number of nitrogens with zero attached hydrogens (tertiary/aromatic N) is 2. The molecule has 2 heteroatoms. The Hall–Kier alpha value is -8.46. The van der Waals surface area contributed by atoms with E-state index in [1.54, 1.807) is 0 Å². The van der Waals surface area contributed by atoms with Gasteiger partial charge in [-0.3, -0.25) is 0 Å². The predicted molar refractivity (Wildman–Crippen MR) is 293 cm³/mol. The Kier molecular flexibility index (Phi) is 9.13. The van der Waals surface area contributed by atoms with Crippen LogP contribution in [0, 0.1) is 27.7 Å². The normalized spacial score (nSPS) is 11.8. The van der Waals surface area contributed by atoms with Crippen LogP contribution in [0.2, 0.25) is 0 Å². The molecule has 0 atom stereocenters. The van der Waals surface area contributed by atoms with Crippen molar-refractivity contribution in [3.05, 3.63) is 241 Å². The van der Waals surface area contributed by atoms with Crippen LogP contribution in [0.25, 0.3) is 86.9 Å². The third-order valence-electron chi connectivity index (χ3n) is 14.4. The van der Waals surface area contributed by atoms with Gasteiger partial charge in [0.05, 0.1) is 11.4 Å². The molecule has 0 N–H and O–H groups in total. The summed E-state index contributed by atoms with van der Waals surface area (Å²) in [6.45, 7) is 8.63. The smallest absolute Gasteiger partial charge is 0.0540 e. The summed E-state index contributed by atoms with van der Waals surface area (Å²) >= 11 is 0. The Balaban J connectivity index is 1.19. The van der Waals surface area contributed by atoms with Crippen LogP contribution >= 0.6 is 0 Å². The molecular weight excluding hydrogens is 821 g/mol.